The minimum Gasteiger partial charge on any atom is -0.497 e. The first-order chi connectivity index (χ1) is 60.6. The lowest BCUT2D eigenvalue weighted by Crippen LogP contribution is -2.12. The van der Waals surface area contributed by atoms with Gasteiger partial charge in [0.25, 0.3) is 0 Å². The van der Waals surface area contributed by atoms with Crippen LogP contribution in [-0.4, -0.2) is 169 Å². The molecule has 0 bridgehead atoms. The minimum absolute atomic E-state index is 0.205. The molecule has 0 aliphatic heterocycles. The van der Waals surface area contributed by atoms with Gasteiger partial charge in [0.05, 0.1) is 70.1 Å². The van der Waals surface area contributed by atoms with E-state index in [1.54, 1.807) is 157 Å². The van der Waals surface area contributed by atoms with Crippen LogP contribution in [-0.2, 0) is 102 Å². The van der Waals surface area contributed by atoms with Gasteiger partial charge in [0.1, 0.15) is 110 Å². The maximum atomic E-state index is 11.1. The third-order valence-electron chi connectivity index (χ3n) is 15.3. The van der Waals surface area contributed by atoms with Crippen LogP contribution in [0.15, 0.2) is 303 Å². The number of methoxy groups -OCH3 is 8. The van der Waals surface area contributed by atoms with E-state index in [4.69, 9.17) is 85.3 Å². The Morgan fingerprint density at radius 2 is 0.452 bits per heavy atom. The van der Waals surface area contributed by atoms with E-state index in [0.29, 0.717) is 86.3 Å². The lowest BCUT2D eigenvalue weighted by molar-refractivity contribution is -0.140. The van der Waals surface area contributed by atoms with Gasteiger partial charge in [-0.25, -0.2) is 38.4 Å². The van der Waals surface area contributed by atoms with E-state index in [0.717, 1.165) is 114 Å². The fourth-order valence-electron chi connectivity index (χ4n) is 8.47. The third kappa shape index (κ3) is 53.8. The Hall–Kier alpha value is -13.9. The molecule has 8 rings (SSSR count). The molecule has 0 spiro atoms. The van der Waals surface area contributed by atoms with Crippen LogP contribution in [0.2, 0.25) is 0 Å². The van der Waals surface area contributed by atoms with E-state index in [9.17, 15) is 38.4 Å². The number of benzene rings is 8. The second kappa shape index (κ2) is 68.6. The fraction of sp³-hybridized carbons (Fsp3) is 0.265. The molecule has 0 saturated carbocycles. The Labute approximate surface area is 748 Å². The Kier molecular flexibility index (Phi) is 60.0. The zero-order valence-electron chi connectivity index (χ0n) is 73.8. The lowest BCUT2D eigenvalue weighted by atomic mass is 10.1. The van der Waals surface area contributed by atoms with Crippen molar-refractivity contribution < 1.29 is 124 Å². The van der Waals surface area contributed by atoms with Gasteiger partial charge in [-0.15, -0.1) is 23.5 Å². The van der Waals surface area contributed by atoms with Crippen LogP contribution in [0.25, 0.3) is 0 Å². The third-order valence-corrected chi connectivity index (χ3v) is 17.3. The molecule has 0 aliphatic rings. The summed E-state index contributed by atoms with van der Waals surface area (Å²) in [5.74, 6) is 6.21. The average molecular weight is 1770 g/mol. The first kappa shape index (κ1) is 110. The number of rotatable bonds is 42. The smallest absolute Gasteiger partial charge is 0.333 e. The van der Waals surface area contributed by atoms with Crippen molar-refractivity contribution in [1.82, 2.24) is 0 Å². The molecule has 28 heteroatoms. The van der Waals surface area contributed by atoms with E-state index in [2.05, 4.69) is 52.6 Å². The molecule has 0 radical (unpaired) electrons. The van der Waals surface area contributed by atoms with Gasteiger partial charge in [-0.2, -0.15) is 0 Å². The number of hydrogen-bond acceptors (Lipinski definition) is 28. The highest BCUT2D eigenvalue weighted by Gasteiger charge is 2.09. The summed E-state index contributed by atoms with van der Waals surface area (Å²) in [6.45, 7) is 36.8. The van der Waals surface area contributed by atoms with Crippen LogP contribution in [0.3, 0.4) is 0 Å². The van der Waals surface area contributed by atoms with Crippen molar-refractivity contribution in [3.8, 4) is 57.5 Å². The maximum Gasteiger partial charge on any atom is 0.333 e. The number of thioether (sulfide) groups is 2. The molecule has 0 unspecified atom stereocenters. The molecule has 0 aromatic heterocycles. The highest BCUT2D eigenvalue weighted by atomic mass is 32.2. The summed E-state index contributed by atoms with van der Waals surface area (Å²) in [5, 5.41) is 0. The van der Waals surface area contributed by atoms with Gasteiger partial charge >= 0.3 is 47.8 Å². The molecule has 0 atom stereocenters. The summed E-state index contributed by atoms with van der Waals surface area (Å²) in [4.78, 5) is 89.5. The van der Waals surface area contributed by atoms with Crippen molar-refractivity contribution >= 4 is 71.3 Å². The van der Waals surface area contributed by atoms with Crippen LogP contribution in [0.1, 0.15) is 49.9 Å². The van der Waals surface area contributed by atoms with Gasteiger partial charge in [-0.3, -0.25) is 0 Å². The number of hydrogen-bond donors (Lipinski definition) is 0. The monoisotopic (exact) mass is 1770 g/mol. The van der Waals surface area contributed by atoms with E-state index < -0.39 is 17.9 Å². The number of carbonyl (C=O) groups excluding carboxylic acids is 8. The van der Waals surface area contributed by atoms with Crippen LogP contribution in [0.5, 0.6) is 57.5 Å². The Balaban J connectivity index is 0.000000720. The summed E-state index contributed by atoms with van der Waals surface area (Å²) < 4.78 is 90.1. The Morgan fingerprint density at radius 3 is 0.746 bits per heavy atom. The normalized spacial score (nSPS) is 9.49. The van der Waals surface area contributed by atoms with E-state index in [-0.39, 0.29) is 56.3 Å². The first-order valence-corrected chi connectivity index (χ1v) is 40.6. The van der Waals surface area contributed by atoms with E-state index >= 15 is 0 Å². The molecule has 0 amide bonds. The molecule has 0 saturated heterocycles. The van der Waals surface area contributed by atoms with Crippen molar-refractivity contribution in [2.24, 2.45) is 0 Å². The van der Waals surface area contributed by atoms with Crippen LogP contribution < -0.4 is 47.4 Å². The second-order valence-corrected chi connectivity index (χ2v) is 27.4. The number of esters is 8. The predicted octanol–water partition coefficient (Wildman–Crippen LogP) is 18.0. The Bertz CT molecular complexity index is 4410. The lowest BCUT2D eigenvalue weighted by Gasteiger charge is -2.07. The van der Waals surface area contributed by atoms with Gasteiger partial charge in [-0.1, -0.05) is 101 Å². The van der Waals surface area contributed by atoms with Crippen LogP contribution in [0, 0.1) is 0 Å². The van der Waals surface area contributed by atoms with Crippen molar-refractivity contribution in [3.63, 3.8) is 0 Å². The van der Waals surface area contributed by atoms with Gasteiger partial charge < -0.3 is 85.3 Å². The molecule has 0 N–H and O–H groups in total. The number of ether oxygens (including phenoxy) is 18. The van der Waals surface area contributed by atoms with Gasteiger partial charge in [0, 0.05) is 80.7 Å². The van der Waals surface area contributed by atoms with Crippen LogP contribution in [0.4, 0.5) is 0 Å². The highest BCUT2D eigenvalue weighted by Crippen LogP contribution is 2.24. The van der Waals surface area contributed by atoms with Crippen molar-refractivity contribution in [2.75, 3.05) is 121 Å². The highest BCUT2D eigenvalue weighted by molar-refractivity contribution is 7.99. The van der Waals surface area contributed by atoms with E-state index in [1.807, 2.05) is 146 Å². The zero-order valence-corrected chi connectivity index (χ0v) is 75.4. The summed E-state index contributed by atoms with van der Waals surface area (Å²) in [6, 6.07) is 59.8. The molecule has 0 fully saturated rings. The van der Waals surface area contributed by atoms with Gasteiger partial charge in [0.2, 0.25) is 0 Å². The topological polar surface area (TPSA) is 303 Å². The summed E-state index contributed by atoms with van der Waals surface area (Å²) in [7, 11) is 12.9. The first-order valence-electron chi connectivity index (χ1n) is 38.6. The molecule has 8 aromatic carbocycles. The molecular formula is C98H116O26S2. The second-order valence-electron chi connectivity index (χ2n) is 25.0. The van der Waals surface area contributed by atoms with Crippen molar-refractivity contribution in [1.29, 1.82) is 0 Å². The maximum absolute atomic E-state index is 11.1. The average Bonchev–Trinajstić information content (AvgIpc) is 0.984. The summed E-state index contributed by atoms with van der Waals surface area (Å²) in [5.41, 5.74) is 5.70. The zero-order chi connectivity index (χ0) is 93.7. The predicted molar refractivity (Wildman–Crippen MR) is 489 cm³/mol. The molecule has 126 heavy (non-hydrogen) atoms. The summed E-state index contributed by atoms with van der Waals surface area (Å²) >= 11 is 3.26. The van der Waals surface area contributed by atoms with Gasteiger partial charge in [0.15, 0.2) is 0 Å². The molecule has 0 aliphatic carbocycles. The fourth-order valence-corrected chi connectivity index (χ4v) is 9.93. The minimum atomic E-state index is -0.446. The van der Waals surface area contributed by atoms with Crippen molar-refractivity contribution in [3.05, 3.63) is 316 Å². The molecule has 0 heterocycles. The quantitative estimate of drug-likeness (QED) is 0.0113. The SMILES string of the molecule is C=C(C)C(=O)OCCOc1ccc(OC)cc1.C=C(C)C(=O)OCCSc1ccc(OC)cc1.C=C(C)C(=O)OCCc1ccc(OC)cc1.C=C(C)C(=O)OCc1ccc(OC)cc1.C=CC(=O)OCCOc1ccc(OC)cc1.C=CC(=O)OCCSc1ccc(OC)cc1.C=CC(=O)OCCc1ccc(OC)cc1.C=CC(=O)OCc1ccc(OC)cc1. The Morgan fingerprint density at radius 1 is 0.246 bits per heavy atom. The molecule has 26 nitrogen and oxygen atoms in total. The largest absolute Gasteiger partial charge is 0.497 e. The molecule has 676 valence electrons. The van der Waals surface area contributed by atoms with Crippen LogP contribution >= 0.6 is 23.5 Å². The molecule has 8 aromatic rings. The summed E-state index contributed by atoms with van der Waals surface area (Å²) in [6.07, 6.45) is 5.98. The van der Waals surface area contributed by atoms with E-state index in [1.165, 1.54) is 0 Å². The van der Waals surface area contributed by atoms with Gasteiger partial charge in [-0.05, 0) is 196 Å². The standard InChI is InChI=1S/C13H16O4.C13H16O3S.C13H16O3.C12H14O4.C12H14O3S.2C12H14O3.C11H12O3/c1-10(2)13(14)17-9-8-16-12-6-4-11(15-3)5-7-12;1-10(2)13(14)16-8-9-17-12-6-4-11(15-3)5-7-12;1-10(2)13(14)16-9-8-11-4-6-12(15-3)7-5-11;1-3-12(13)16-9-8-15-11-6-4-10(14-2)5-7-11;1-3-12(13)15-8-9-16-11-6-4-10(14-2)5-7-11;1-9(2)12(13)15-8-10-4-6-11(14-3)7-5-10;1-3-12(13)15-9-8-10-4-6-11(14-2)7-5-10;1-3-11(12)14-8-9-4-6-10(13-2)7-5-9/h2*4-7H,1,8-9H2,2-3H3;4-7H,1,8-9H2,2-3H3;2*3-7H,1,8-9H2,2H3;4-7H,1,8H2,2-3H3;3-7H,1,8-9H2,2H3;3-7H,1,8H2,2H3. The number of carbonyl (C=O) groups is 8. The van der Waals surface area contributed by atoms with Crippen molar-refractivity contribution in [2.45, 2.75) is 63.5 Å². The molecular weight excluding hydrogens is 1660 g/mol.